The number of hydrogen-bond donors (Lipinski definition) is 1. The van der Waals surface area contributed by atoms with Crippen LogP contribution in [0.25, 0.3) is 0 Å². The monoisotopic (exact) mass is 268 g/mol. The number of non-ortho nitro benzene ring substituents is 1. The van der Waals surface area contributed by atoms with Gasteiger partial charge in [0.1, 0.15) is 5.82 Å². The topological polar surface area (TPSA) is 55.2 Å². The molecule has 0 radical (unpaired) electrons. The van der Waals surface area contributed by atoms with Crippen molar-refractivity contribution >= 4 is 11.4 Å². The molecular formula is C14H21FN2O2. The fourth-order valence-electron chi connectivity index (χ4n) is 2.09. The lowest BCUT2D eigenvalue weighted by Crippen LogP contribution is -2.19. The second kappa shape index (κ2) is 7.71. The molecular weight excluding hydrogens is 247 g/mol. The number of anilines is 1. The largest absolute Gasteiger partial charge is 0.382 e. The van der Waals surface area contributed by atoms with Crippen LogP contribution in [0, 0.1) is 15.9 Å². The third-order valence-electron chi connectivity index (χ3n) is 3.01. The molecule has 1 aromatic carbocycles. The molecule has 1 N–H and O–H groups in total. The summed E-state index contributed by atoms with van der Waals surface area (Å²) in [5.41, 5.74) is 0.273. The molecule has 4 nitrogen and oxygen atoms in total. The second-order valence-electron chi connectivity index (χ2n) is 4.73. The molecule has 1 rings (SSSR count). The van der Waals surface area contributed by atoms with Crippen molar-refractivity contribution in [2.24, 2.45) is 0 Å². The first-order valence-corrected chi connectivity index (χ1v) is 6.78. The molecule has 0 spiro atoms. The number of nitro benzene ring substituents is 1. The lowest BCUT2D eigenvalue weighted by Gasteiger charge is -2.19. The number of unbranched alkanes of at least 4 members (excludes halogenated alkanes) is 1. The summed E-state index contributed by atoms with van der Waals surface area (Å²) in [7, 11) is 0. The zero-order valence-electron chi connectivity index (χ0n) is 11.5. The van der Waals surface area contributed by atoms with Crippen LogP contribution in [0.4, 0.5) is 15.8 Å². The number of rotatable bonds is 8. The van der Waals surface area contributed by atoms with Gasteiger partial charge in [0, 0.05) is 17.8 Å². The number of hydrogen-bond acceptors (Lipinski definition) is 3. The predicted octanol–water partition coefficient (Wildman–Crippen LogP) is 4.50. The Labute approximate surface area is 113 Å². The van der Waals surface area contributed by atoms with E-state index in [0.29, 0.717) is 5.69 Å². The first-order valence-electron chi connectivity index (χ1n) is 6.78. The van der Waals surface area contributed by atoms with Crippen molar-refractivity contribution in [3.63, 3.8) is 0 Å². The van der Waals surface area contributed by atoms with Crippen molar-refractivity contribution < 1.29 is 9.31 Å². The van der Waals surface area contributed by atoms with E-state index in [0.717, 1.165) is 38.2 Å². The van der Waals surface area contributed by atoms with Gasteiger partial charge in [-0.3, -0.25) is 10.1 Å². The van der Waals surface area contributed by atoms with Gasteiger partial charge in [-0.2, -0.15) is 0 Å². The summed E-state index contributed by atoms with van der Waals surface area (Å²) in [6, 6.07) is 3.87. The lowest BCUT2D eigenvalue weighted by atomic mass is 10.0. The van der Waals surface area contributed by atoms with Gasteiger partial charge < -0.3 is 5.32 Å². The summed E-state index contributed by atoms with van der Waals surface area (Å²) in [4.78, 5) is 10.1. The Kier molecular flexibility index (Phi) is 6.25. The number of halogens is 1. The highest BCUT2D eigenvalue weighted by atomic mass is 19.1. The summed E-state index contributed by atoms with van der Waals surface area (Å²) in [5, 5.41) is 13.9. The minimum Gasteiger partial charge on any atom is -0.382 e. The normalized spacial score (nSPS) is 12.2. The van der Waals surface area contributed by atoms with Gasteiger partial charge in [0.05, 0.1) is 11.0 Å². The van der Waals surface area contributed by atoms with E-state index in [4.69, 9.17) is 0 Å². The molecule has 1 aromatic rings. The van der Waals surface area contributed by atoms with E-state index in [1.807, 2.05) is 0 Å². The highest BCUT2D eigenvalue weighted by molar-refractivity contribution is 5.52. The minimum absolute atomic E-state index is 0.215. The van der Waals surface area contributed by atoms with E-state index in [2.05, 4.69) is 19.2 Å². The van der Waals surface area contributed by atoms with Crippen molar-refractivity contribution in [2.75, 3.05) is 5.32 Å². The number of benzene rings is 1. The Morgan fingerprint density at radius 2 is 2.00 bits per heavy atom. The van der Waals surface area contributed by atoms with Crippen LogP contribution in [0.2, 0.25) is 0 Å². The average molecular weight is 268 g/mol. The first kappa shape index (κ1) is 15.4. The Bertz CT molecular complexity index is 424. The number of nitrogens with one attached hydrogen (secondary N) is 1. The molecule has 5 heteroatoms. The summed E-state index contributed by atoms with van der Waals surface area (Å²) in [6.07, 6.45) is 5.19. The molecule has 106 valence electrons. The van der Waals surface area contributed by atoms with Crippen molar-refractivity contribution in [3.8, 4) is 0 Å². The van der Waals surface area contributed by atoms with Crippen molar-refractivity contribution in [1.29, 1.82) is 0 Å². The Morgan fingerprint density at radius 3 is 2.58 bits per heavy atom. The molecule has 19 heavy (non-hydrogen) atoms. The third-order valence-corrected chi connectivity index (χ3v) is 3.01. The number of nitro groups is 1. The molecule has 0 amide bonds. The average Bonchev–Trinajstić information content (AvgIpc) is 2.35. The second-order valence-corrected chi connectivity index (χ2v) is 4.73. The molecule has 0 aliphatic carbocycles. The quantitative estimate of drug-likeness (QED) is 0.557. The Hall–Kier alpha value is -1.65. The predicted molar refractivity (Wildman–Crippen MR) is 74.9 cm³/mol. The molecule has 0 aliphatic heterocycles. The molecule has 0 bridgehead atoms. The van der Waals surface area contributed by atoms with Gasteiger partial charge in [-0.1, -0.05) is 33.1 Å². The SMILES string of the molecule is CCCCC(CCC)Nc1cc(F)cc([N+](=O)[O-])c1. The van der Waals surface area contributed by atoms with Gasteiger partial charge in [-0.25, -0.2) is 4.39 Å². The molecule has 0 heterocycles. The van der Waals surface area contributed by atoms with E-state index in [1.54, 1.807) is 0 Å². The molecule has 0 saturated heterocycles. The minimum atomic E-state index is -0.581. The van der Waals surface area contributed by atoms with Gasteiger partial charge in [0.2, 0.25) is 0 Å². The highest BCUT2D eigenvalue weighted by Gasteiger charge is 2.12. The summed E-state index contributed by atoms with van der Waals surface area (Å²) < 4.78 is 13.3. The van der Waals surface area contributed by atoms with Crippen molar-refractivity contribution in [3.05, 3.63) is 34.1 Å². The van der Waals surface area contributed by atoms with Crippen LogP contribution in [0.15, 0.2) is 18.2 Å². The molecule has 0 saturated carbocycles. The zero-order valence-corrected chi connectivity index (χ0v) is 11.5. The van der Waals surface area contributed by atoms with Gasteiger partial charge in [-0.15, -0.1) is 0 Å². The molecule has 0 fully saturated rings. The van der Waals surface area contributed by atoms with Crippen LogP contribution in [-0.4, -0.2) is 11.0 Å². The Balaban J connectivity index is 2.79. The molecule has 1 unspecified atom stereocenters. The first-order chi connectivity index (χ1) is 9.06. The van der Waals surface area contributed by atoms with Crippen LogP contribution >= 0.6 is 0 Å². The van der Waals surface area contributed by atoms with Gasteiger partial charge in [0.25, 0.3) is 5.69 Å². The van der Waals surface area contributed by atoms with Crippen molar-refractivity contribution in [1.82, 2.24) is 0 Å². The fraction of sp³-hybridized carbons (Fsp3) is 0.571. The molecule has 1 atom stereocenters. The van der Waals surface area contributed by atoms with Crippen molar-refractivity contribution in [2.45, 2.75) is 52.0 Å². The van der Waals surface area contributed by atoms with E-state index >= 15 is 0 Å². The van der Waals surface area contributed by atoms with Gasteiger partial charge >= 0.3 is 0 Å². The molecule has 0 aromatic heterocycles. The maximum atomic E-state index is 13.3. The number of nitrogens with zero attached hydrogens (tertiary/aromatic N) is 1. The lowest BCUT2D eigenvalue weighted by molar-refractivity contribution is -0.385. The summed E-state index contributed by atoms with van der Waals surface area (Å²) in [5.74, 6) is -0.581. The maximum absolute atomic E-state index is 13.3. The Morgan fingerprint density at radius 1 is 1.26 bits per heavy atom. The van der Waals surface area contributed by atoms with Crippen LogP contribution in [0.3, 0.4) is 0 Å². The summed E-state index contributed by atoms with van der Waals surface area (Å²) in [6.45, 7) is 4.21. The standard InChI is InChI=1S/C14H21FN2O2/c1-3-5-7-12(6-4-2)16-13-8-11(15)9-14(10-13)17(18)19/h8-10,12,16H,3-7H2,1-2H3. The van der Waals surface area contributed by atoms with Crippen LogP contribution < -0.4 is 5.32 Å². The summed E-state index contributed by atoms with van der Waals surface area (Å²) >= 11 is 0. The van der Waals surface area contributed by atoms with E-state index in [-0.39, 0.29) is 11.7 Å². The van der Waals surface area contributed by atoms with E-state index in [9.17, 15) is 14.5 Å². The fourth-order valence-corrected chi connectivity index (χ4v) is 2.09. The van der Waals surface area contributed by atoms with Gasteiger partial charge in [0.15, 0.2) is 0 Å². The van der Waals surface area contributed by atoms with Crippen LogP contribution in [-0.2, 0) is 0 Å². The maximum Gasteiger partial charge on any atom is 0.274 e. The van der Waals surface area contributed by atoms with Gasteiger partial charge in [-0.05, 0) is 18.9 Å². The third kappa shape index (κ3) is 5.24. The van der Waals surface area contributed by atoms with Crippen LogP contribution in [0.5, 0.6) is 0 Å². The zero-order chi connectivity index (χ0) is 14.3. The smallest absolute Gasteiger partial charge is 0.274 e. The molecule has 0 aliphatic rings. The highest BCUT2D eigenvalue weighted by Crippen LogP contribution is 2.22. The van der Waals surface area contributed by atoms with Crippen LogP contribution in [0.1, 0.15) is 46.0 Å². The van der Waals surface area contributed by atoms with E-state index in [1.165, 1.54) is 12.1 Å². The van der Waals surface area contributed by atoms with E-state index < -0.39 is 10.7 Å².